The molecule has 0 bridgehead atoms. The number of aliphatic hydroxyl groups is 1. The zero-order valence-electron chi connectivity index (χ0n) is 12.7. The van der Waals surface area contributed by atoms with Gasteiger partial charge < -0.3 is 10.0 Å². The van der Waals surface area contributed by atoms with Gasteiger partial charge in [0.15, 0.2) is 0 Å². The van der Waals surface area contributed by atoms with Crippen molar-refractivity contribution in [3.63, 3.8) is 0 Å². The van der Waals surface area contributed by atoms with Gasteiger partial charge in [0.1, 0.15) is 0 Å². The van der Waals surface area contributed by atoms with Crippen molar-refractivity contribution in [1.82, 2.24) is 24.6 Å². The van der Waals surface area contributed by atoms with E-state index < -0.39 is 6.10 Å². The summed E-state index contributed by atoms with van der Waals surface area (Å²) in [7, 11) is 1.81. The first-order valence-corrected chi connectivity index (χ1v) is 7.27. The first-order chi connectivity index (χ1) is 10.6. The summed E-state index contributed by atoms with van der Waals surface area (Å²) in [5.41, 5.74) is 2.25. The summed E-state index contributed by atoms with van der Waals surface area (Å²) in [5.74, 6) is -0.0936. The van der Waals surface area contributed by atoms with Gasteiger partial charge in [0.2, 0.25) is 0 Å². The summed E-state index contributed by atoms with van der Waals surface area (Å²) in [6.45, 7) is 2.73. The van der Waals surface area contributed by atoms with Crippen molar-refractivity contribution in [2.24, 2.45) is 13.0 Å². The van der Waals surface area contributed by atoms with Crippen LogP contribution in [0.5, 0.6) is 0 Å². The van der Waals surface area contributed by atoms with E-state index in [2.05, 4.69) is 15.1 Å². The van der Waals surface area contributed by atoms with Gasteiger partial charge >= 0.3 is 0 Å². The smallest absolute Gasteiger partial charge is 0.257 e. The van der Waals surface area contributed by atoms with Crippen LogP contribution in [0.25, 0.3) is 0 Å². The molecule has 0 aliphatic carbocycles. The SMILES string of the molecule is Cc1c(C(=O)N2C[C@@H](Cc3cnccn3)[C@H](O)C2)cnn1C. The largest absolute Gasteiger partial charge is 0.391 e. The number of aromatic nitrogens is 4. The Bertz CT molecular complexity index is 670. The molecule has 3 rings (SSSR count). The van der Waals surface area contributed by atoms with Gasteiger partial charge in [0.05, 0.1) is 23.6 Å². The number of aryl methyl sites for hydroxylation is 1. The topological polar surface area (TPSA) is 84.1 Å². The second-order valence-corrected chi connectivity index (χ2v) is 5.71. The molecule has 1 saturated heterocycles. The Morgan fingerprint density at radius 2 is 2.18 bits per heavy atom. The zero-order valence-corrected chi connectivity index (χ0v) is 12.7. The third-order valence-corrected chi connectivity index (χ3v) is 4.25. The lowest BCUT2D eigenvalue weighted by molar-refractivity contribution is 0.0764. The van der Waals surface area contributed by atoms with Crippen LogP contribution < -0.4 is 0 Å². The number of carbonyl (C=O) groups is 1. The number of hydrogen-bond donors (Lipinski definition) is 1. The minimum atomic E-state index is -0.539. The van der Waals surface area contributed by atoms with Gasteiger partial charge in [-0.2, -0.15) is 5.10 Å². The molecular formula is C15H19N5O2. The van der Waals surface area contributed by atoms with Crippen LogP contribution in [-0.2, 0) is 13.5 Å². The van der Waals surface area contributed by atoms with Crippen LogP contribution in [0.3, 0.4) is 0 Å². The van der Waals surface area contributed by atoms with Crippen molar-refractivity contribution in [3.05, 3.63) is 41.7 Å². The fraction of sp³-hybridized carbons (Fsp3) is 0.467. The molecule has 22 heavy (non-hydrogen) atoms. The summed E-state index contributed by atoms with van der Waals surface area (Å²) in [6, 6.07) is 0. The zero-order chi connectivity index (χ0) is 15.7. The van der Waals surface area contributed by atoms with Gasteiger partial charge in [0, 0.05) is 50.3 Å². The predicted molar refractivity (Wildman–Crippen MR) is 79.1 cm³/mol. The molecule has 3 heterocycles. The fourth-order valence-electron chi connectivity index (χ4n) is 2.80. The Hall–Kier alpha value is -2.28. The molecule has 7 heteroatoms. The summed E-state index contributed by atoms with van der Waals surface area (Å²) >= 11 is 0. The van der Waals surface area contributed by atoms with Gasteiger partial charge in [-0.1, -0.05) is 0 Å². The number of amides is 1. The molecule has 1 amide bonds. The minimum absolute atomic E-state index is 0.0161. The van der Waals surface area contributed by atoms with Gasteiger partial charge in [-0.25, -0.2) is 0 Å². The van der Waals surface area contributed by atoms with Crippen molar-refractivity contribution in [3.8, 4) is 0 Å². The molecule has 7 nitrogen and oxygen atoms in total. The van der Waals surface area contributed by atoms with Crippen LogP contribution in [0.2, 0.25) is 0 Å². The van der Waals surface area contributed by atoms with E-state index in [1.165, 1.54) is 0 Å². The molecule has 2 aromatic rings. The molecule has 0 saturated carbocycles. The summed E-state index contributed by atoms with van der Waals surface area (Å²) in [5, 5.41) is 14.3. The molecular weight excluding hydrogens is 282 g/mol. The highest BCUT2D eigenvalue weighted by Gasteiger charge is 2.35. The maximum Gasteiger partial charge on any atom is 0.257 e. The molecule has 0 aromatic carbocycles. The molecule has 0 spiro atoms. The van der Waals surface area contributed by atoms with Crippen LogP contribution >= 0.6 is 0 Å². The Kier molecular flexibility index (Phi) is 3.89. The average Bonchev–Trinajstić information content (AvgIpc) is 3.04. The van der Waals surface area contributed by atoms with E-state index in [9.17, 15) is 9.90 Å². The predicted octanol–water partition coefficient (Wildman–Crippen LogP) is 0.194. The third-order valence-electron chi connectivity index (χ3n) is 4.25. The van der Waals surface area contributed by atoms with E-state index in [1.54, 1.807) is 34.4 Å². The lowest BCUT2D eigenvalue weighted by atomic mass is 10.0. The third kappa shape index (κ3) is 2.71. The summed E-state index contributed by atoms with van der Waals surface area (Å²) in [6.07, 6.45) is 6.62. The molecule has 1 N–H and O–H groups in total. The van der Waals surface area contributed by atoms with Crippen molar-refractivity contribution in [2.75, 3.05) is 13.1 Å². The Morgan fingerprint density at radius 1 is 1.36 bits per heavy atom. The highest BCUT2D eigenvalue weighted by Crippen LogP contribution is 2.23. The molecule has 1 aliphatic heterocycles. The second kappa shape index (κ2) is 5.84. The Morgan fingerprint density at radius 3 is 2.82 bits per heavy atom. The normalized spacial score (nSPS) is 21.3. The van der Waals surface area contributed by atoms with E-state index in [0.29, 0.717) is 25.1 Å². The second-order valence-electron chi connectivity index (χ2n) is 5.71. The van der Waals surface area contributed by atoms with Gasteiger partial charge in [0.25, 0.3) is 5.91 Å². The number of nitrogens with zero attached hydrogens (tertiary/aromatic N) is 5. The highest BCUT2D eigenvalue weighted by molar-refractivity contribution is 5.95. The molecule has 1 fully saturated rings. The molecule has 2 aromatic heterocycles. The molecule has 116 valence electrons. The number of β-amino-alcohol motifs (C(OH)–C–C–N with tert-alkyl or cyclic N) is 1. The Balaban J connectivity index is 1.70. The van der Waals surface area contributed by atoms with Crippen molar-refractivity contribution >= 4 is 5.91 Å². The number of likely N-dealkylation sites (tertiary alicyclic amines) is 1. The highest BCUT2D eigenvalue weighted by atomic mass is 16.3. The van der Waals surface area contributed by atoms with E-state index in [0.717, 1.165) is 11.4 Å². The molecule has 0 unspecified atom stereocenters. The van der Waals surface area contributed by atoms with Crippen molar-refractivity contribution in [2.45, 2.75) is 19.4 Å². The quantitative estimate of drug-likeness (QED) is 0.875. The van der Waals surface area contributed by atoms with Crippen LogP contribution in [0, 0.1) is 12.8 Å². The van der Waals surface area contributed by atoms with E-state index >= 15 is 0 Å². The maximum atomic E-state index is 12.6. The minimum Gasteiger partial charge on any atom is -0.391 e. The van der Waals surface area contributed by atoms with Crippen molar-refractivity contribution in [1.29, 1.82) is 0 Å². The fourth-order valence-corrected chi connectivity index (χ4v) is 2.80. The Labute approximate surface area is 128 Å². The summed E-state index contributed by atoms with van der Waals surface area (Å²) in [4.78, 5) is 22.5. The van der Waals surface area contributed by atoms with Crippen LogP contribution in [0.15, 0.2) is 24.8 Å². The van der Waals surface area contributed by atoms with Crippen LogP contribution in [-0.4, -0.2) is 54.9 Å². The number of hydrogen-bond acceptors (Lipinski definition) is 5. The van der Waals surface area contributed by atoms with Crippen LogP contribution in [0.4, 0.5) is 0 Å². The number of carbonyl (C=O) groups excluding carboxylic acids is 1. The lowest BCUT2D eigenvalue weighted by Gasteiger charge is -2.15. The monoisotopic (exact) mass is 301 g/mol. The average molecular weight is 301 g/mol. The van der Waals surface area contributed by atoms with E-state index in [4.69, 9.17) is 0 Å². The molecule has 1 aliphatic rings. The molecule has 0 radical (unpaired) electrons. The van der Waals surface area contributed by atoms with Crippen molar-refractivity contribution < 1.29 is 9.90 Å². The van der Waals surface area contributed by atoms with Gasteiger partial charge in [-0.05, 0) is 13.3 Å². The van der Waals surface area contributed by atoms with Crippen LogP contribution in [0.1, 0.15) is 21.7 Å². The van der Waals surface area contributed by atoms with Gasteiger partial charge in [-0.3, -0.25) is 19.4 Å². The summed E-state index contributed by atoms with van der Waals surface area (Å²) < 4.78 is 1.68. The first-order valence-electron chi connectivity index (χ1n) is 7.27. The van der Waals surface area contributed by atoms with E-state index in [1.807, 2.05) is 14.0 Å². The van der Waals surface area contributed by atoms with E-state index in [-0.39, 0.29) is 11.8 Å². The lowest BCUT2D eigenvalue weighted by Crippen LogP contribution is -2.30. The number of rotatable bonds is 3. The molecule has 2 atom stereocenters. The maximum absolute atomic E-state index is 12.6. The first kappa shape index (κ1) is 14.6. The number of aliphatic hydroxyl groups excluding tert-OH is 1. The van der Waals surface area contributed by atoms with Gasteiger partial charge in [-0.15, -0.1) is 0 Å². The standard InChI is InChI=1S/C15H19N5O2/c1-10-13(7-18-19(10)2)15(22)20-8-11(14(21)9-20)5-12-6-16-3-4-17-12/h3-4,6-7,11,14,21H,5,8-9H2,1-2H3/t11-,14-/m1/s1.